The van der Waals surface area contributed by atoms with Gasteiger partial charge in [0, 0.05) is 31.3 Å². The smallest absolute Gasteiger partial charge is 0.411 e. The molecule has 2 N–H and O–H groups in total. The van der Waals surface area contributed by atoms with E-state index in [1.807, 2.05) is 18.2 Å². The van der Waals surface area contributed by atoms with Crippen LogP contribution in [0.2, 0.25) is 0 Å². The molecule has 0 saturated carbocycles. The second-order valence-corrected chi connectivity index (χ2v) is 12.7. The Morgan fingerprint density at radius 1 is 0.959 bits per heavy atom. The van der Waals surface area contributed by atoms with E-state index in [-0.39, 0.29) is 36.2 Å². The topological polar surface area (TPSA) is 110 Å². The standard InChI is InChI=1S/C37H37F3N4O5/c1-37(2,3)49-36(47)44-21-27(48-26-9-6-5-7-10-26)20-32(44)35(46)43-31(17-22-15-24(38)19-25(39)16-22)33-28(11-8-14-42-33)23-12-13-30(40)29(18-23)34(45)41-4/h5-16,18-19,27,31-32H,17,20-21H2,1-4H3,(H,41,45)(H,43,46)/t27-,31-,32-/m0/s1. The molecule has 3 amide bonds. The molecule has 3 aromatic carbocycles. The average molecular weight is 675 g/mol. The SMILES string of the molecule is CNC(=O)c1cc(-c2cccnc2[C@H](Cc2cc(F)cc(F)c2)NC(=O)[C@@H]2C[C@H](Oc3ccccc3)CN2C(=O)OC(C)(C)C)ccc1F. The Labute approximate surface area is 282 Å². The number of nitrogens with one attached hydrogen (secondary N) is 2. The average Bonchev–Trinajstić information content (AvgIpc) is 3.48. The van der Waals surface area contributed by atoms with E-state index in [0.29, 0.717) is 16.9 Å². The maximum Gasteiger partial charge on any atom is 0.411 e. The summed E-state index contributed by atoms with van der Waals surface area (Å²) in [5, 5.41) is 5.37. The summed E-state index contributed by atoms with van der Waals surface area (Å²) >= 11 is 0. The fourth-order valence-corrected chi connectivity index (χ4v) is 5.73. The van der Waals surface area contributed by atoms with Crippen LogP contribution < -0.4 is 15.4 Å². The number of aromatic nitrogens is 1. The molecule has 0 aliphatic carbocycles. The van der Waals surface area contributed by atoms with E-state index < -0.39 is 59.1 Å². The van der Waals surface area contributed by atoms with E-state index in [4.69, 9.17) is 9.47 Å². The molecule has 4 aromatic rings. The number of nitrogens with zero attached hydrogens (tertiary/aromatic N) is 2. The summed E-state index contributed by atoms with van der Waals surface area (Å²) in [5.74, 6) is -2.98. The van der Waals surface area contributed by atoms with Gasteiger partial charge in [0.05, 0.1) is 23.8 Å². The van der Waals surface area contributed by atoms with Crippen molar-refractivity contribution in [1.29, 1.82) is 0 Å². The zero-order chi connectivity index (χ0) is 35.3. The highest BCUT2D eigenvalue weighted by atomic mass is 19.1. The van der Waals surface area contributed by atoms with Gasteiger partial charge >= 0.3 is 6.09 Å². The number of likely N-dealkylation sites (tertiary alicyclic amines) is 1. The first-order chi connectivity index (χ1) is 23.3. The van der Waals surface area contributed by atoms with Crippen molar-refractivity contribution in [2.75, 3.05) is 13.6 Å². The van der Waals surface area contributed by atoms with E-state index in [9.17, 15) is 27.6 Å². The van der Waals surface area contributed by atoms with Gasteiger partial charge in [-0.3, -0.25) is 19.5 Å². The largest absolute Gasteiger partial charge is 0.488 e. The number of pyridine rings is 1. The summed E-state index contributed by atoms with van der Waals surface area (Å²) < 4.78 is 55.0. The van der Waals surface area contributed by atoms with Crippen LogP contribution in [0, 0.1) is 17.5 Å². The van der Waals surface area contributed by atoms with Crippen LogP contribution in [0.1, 0.15) is 54.8 Å². The number of ether oxygens (including phenoxy) is 2. The van der Waals surface area contributed by atoms with E-state index >= 15 is 0 Å². The zero-order valence-corrected chi connectivity index (χ0v) is 27.5. The molecular formula is C37H37F3N4O5. The molecule has 0 radical (unpaired) electrons. The number of hydrogen-bond donors (Lipinski definition) is 2. The number of para-hydroxylation sites is 1. The molecule has 2 heterocycles. The second kappa shape index (κ2) is 14.8. The summed E-state index contributed by atoms with van der Waals surface area (Å²) in [5.41, 5.74) is 0.326. The number of amides is 3. The van der Waals surface area contributed by atoms with Crippen LogP contribution in [0.25, 0.3) is 11.1 Å². The lowest BCUT2D eigenvalue weighted by Crippen LogP contribution is -2.48. The predicted octanol–water partition coefficient (Wildman–Crippen LogP) is 6.38. The van der Waals surface area contributed by atoms with Crippen molar-refractivity contribution in [2.24, 2.45) is 0 Å². The highest BCUT2D eigenvalue weighted by molar-refractivity contribution is 5.95. The Hall–Kier alpha value is -5.39. The summed E-state index contributed by atoms with van der Waals surface area (Å²) in [7, 11) is 1.38. The molecule has 1 aliphatic rings. The Kier molecular flexibility index (Phi) is 10.5. The molecule has 1 aromatic heterocycles. The van der Waals surface area contributed by atoms with Gasteiger partial charge in [0.1, 0.15) is 40.9 Å². The molecule has 3 atom stereocenters. The lowest BCUT2D eigenvalue weighted by molar-refractivity contribution is -0.126. The number of rotatable bonds is 9. The summed E-state index contributed by atoms with van der Waals surface area (Å²) in [6.07, 6.45) is 0.261. The lowest BCUT2D eigenvalue weighted by Gasteiger charge is -2.29. The molecule has 0 bridgehead atoms. The molecule has 256 valence electrons. The van der Waals surface area contributed by atoms with Gasteiger partial charge in [-0.15, -0.1) is 0 Å². The van der Waals surface area contributed by atoms with E-state index in [2.05, 4.69) is 15.6 Å². The molecule has 0 unspecified atom stereocenters. The molecule has 1 aliphatic heterocycles. The number of hydrogen-bond acceptors (Lipinski definition) is 6. The first-order valence-corrected chi connectivity index (χ1v) is 15.7. The van der Waals surface area contributed by atoms with Crippen molar-refractivity contribution in [2.45, 2.75) is 57.4 Å². The molecule has 49 heavy (non-hydrogen) atoms. The van der Waals surface area contributed by atoms with Crippen LogP contribution in [0.5, 0.6) is 5.75 Å². The van der Waals surface area contributed by atoms with Crippen molar-refractivity contribution in [1.82, 2.24) is 20.5 Å². The van der Waals surface area contributed by atoms with Gasteiger partial charge in [0.25, 0.3) is 5.91 Å². The molecular weight excluding hydrogens is 637 g/mol. The molecule has 1 fully saturated rings. The van der Waals surface area contributed by atoms with Crippen LogP contribution in [-0.2, 0) is 16.0 Å². The molecule has 0 spiro atoms. The normalized spacial score (nSPS) is 16.5. The van der Waals surface area contributed by atoms with Crippen LogP contribution >= 0.6 is 0 Å². The fourth-order valence-electron chi connectivity index (χ4n) is 5.73. The summed E-state index contributed by atoms with van der Waals surface area (Å²) in [6, 6.07) is 17.3. The van der Waals surface area contributed by atoms with E-state index in [0.717, 1.165) is 24.3 Å². The number of halogens is 3. The van der Waals surface area contributed by atoms with Gasteiger partial charge in [0.2, 0.25) is 5.91 Å². The number of carbonyl (C=O) groups excluding carboxylic acids is 3. The van der Waals surface area contributed by atoms with Crippen LogP contribution in [0.3, 0.4) is 0 Å². The van der Waals surface area contributed by atoms with Crippen LogP contribution in [0.4, 0.5) is 18.0 Å². The second-order valence-electron chi connectivity index (χ2n) is 12.7. The quantitative estimate of drug-likeness (QED) is 0.213. The molecule has 12 heteroatoms. The Morgan fingerprint density at radius 2 is 1.67 bits per heavy atom. The predicted molar refractivity (Wildman–Crippen MR) is 176 cm³/mol. The molecule has 1 saturated heterocycles. The third-order valence-electron chi connectivity index (χ3n) is 7.84. The Bertz CT molecular complexity index is 1810. The first kappa shape index (κ1) is 34.9. The summed E-state index contributed by atoms with van der Waals surface area (Å²) in [4.78, 5) is 45.8. The monoisotopic (exact) mass is 674 g/mol. The Morgan fingerprint density at radius 3 is 2.35 bits per heavy atom. The third kappa shape index (κ3) is 8.75. The maximum absolute atomic E-state index is 14.6. The van der Waals surface area contributed by atoms with Gasteiger partial charge < -0.3 is 20.1 Å². The van der Waals surface area contributed by atoms with Gasteiger partial charge in [-0.05, 0) is 80.8 Å². The Balaban J connectivity index is 1.52. The van der Waals surface area contributed by atoms with Gasteiger partial charge in [-0.1, -0.05) is 30.3 Å². The van der Waals surface area contributed by atoms with Crippen molar-refractivity contribution in [3.8, 4) is 16.9 Å². The first-order valence-electron chi connectivity index (χ1n) is 15.7. The van der Waals surface area contributed by atoms with Gasteiger partial charge in [-0.2, -0.15) is 0 Å². The van der Waals surface area contributed by atoms with E-state index in [1.54, 1.807) is 45.0 Å². The van der Waals surface area contributed by atoms with Crippen molar-refractivity contribution >= 4 is 17.9 Å². The highest BCUT2D eigenvalue weighted by Gasteiger charge is 2.43. The van der Waals surface area contributed by atoms with Crippen LogP contribution in [0.15, 0.2) is 85.1 Å². The van der Waals surface area contributed by atoms with Gasteiger partial charge in [0.15, 0.2) is 0 Å². The van der Waals surface area contributed by atoms with Crippen molar-refractivity contribution in [3.63, 3.8) is 0 Å². The number of carbonyl (C=O) groups is 3. The minimum absolute atomic E-state index is 0.0638. The van der Waals surface area contributed by atoms with Crippen molar-refractivity contribution < 1.29 is 37.0 Å². The lowest BCUT2D eigenvalue weighted by atomic mass is 9.94. The fraction of sp³-hybridized carbons (Fsp3) is 0.297. The van der Waals surface area contributed by atoms with Gasteiger partial charge in [-0.25, -0.2) is 18.0 Å². The third-order valence-corrected chi connectivity index (χ3v) is 7.84. The highest BCUT2D eigenvalue weighted by Crippen LogP contribution is 2.32. The maximum atomic E-state index is 14.6. The van der Waals surface area contributed by atoms with E-state index in [1.165, 1.54) is 30.3 Å². The van der Waals surface area contributed by atoms with Crippen LogP contribution in [-0.4, -0.2) is 59.1 Å². The number of benzene rings is 3. The summed E-state index contributed by atoms with van der Waals surface area (Å²) in [6.45, 7) is 5.22. The molecule has 5 rings (SSSR count). The minimum Gasteiger partial charge on any atom is -0.488 e. The van der Waals surface area contributed by atoms with Crippen molar-refractivity contribution in [3.05, 3.63) is 119 Å². The molecule has 9 nitrogen and oxygen atoms in total. The minimum atomic E-state index is -1.03. The zero-order valence-electron chi connectivity index (χ0n) is 27.5.